The van der Waals surface area contributed by atoms with Gasteiger partial charge in [-0.25, -0.2) is 0 Å². The molecule has 1 rings (SSSR count). The van der Waals surface area contributed by atoms with Gasteiger partial charge in [0.05, 0.1) is 5.60 Å². The summed E-state index contributed by atoms with van der Waals surface area (Å²) < 4.78 is 5.31. The lowest BCUT2D eigenvalue weighted by Gasteiger charge is -2.25. The molecule has 0 aromatic carbocycles. The summed E-state index contributed by atoms with van der Waals surface area (Å²) >= 11 is 0. The van der Waals surface area contributed by atoms with Gasteiger partial charge in [-0.3, -0.25) is 0 Å². The first-order chi connectivity index (χ1) is 4.58. The molecule has 1 aliphatic heterocycles. The van der Waals surface area contributed by atoms with Crippen molar-refractivity contribution in [2.45, 2.75) is 18.6 Å². The van der Waals surface area contributed by atoms with E-state index in [4.69, 9.17) is 10.5 Å². The molecule has 0 bridgehead atoms. The van der Waals surface area contributed by atoms with Gasteiger partial charge in [0.25, 0.3) is 0 Å². The van der Waals surface area contributed by atoms with Crippen molar-refractivity contribution in [1.29, 1.82) is 0 Å². The number of nitrogens with two attached hydrogens (primary N) is 1. The first-order valence-electron chi connectivity index (χ1n) is 3.58. The number of nitrogens with zero attached hydrogens (tertiary/aromatic N) is 1. The van der Waals surface area contributed by atoms with Gasteiger partial charge in [-0.2, -0.15) is 0 Å². The van der Waals surface area contributed by atoms with Crippen LogP contribution in [0.2, 0.25) is 0 Å². The molecule has 3 heteroatoms. The van der Waals surface area contributed by atoms with Crippen LogP contribution in [-0.2, 0) is 4.74 Å². The van der Waals surface area contributed by atoms with Crippen molar-refractivity contribution in [1.82, 2.24) is 4.90 Å². The molecule has 2 N–H and O–H groups in total. The minimum absolute atomic E-state index is 0.130. The lowest BCUT2D eigenvalue weighted by atomic mass is 10.0. The lowest BCUT2D eigenvalue weighted by Crippen LogP contribution is -2.45. The molecular formula is C7H16N2O. The largest absolute Gasteiger partial charge is 0.376 e. The van der Waals surface area contributed by atoms with Crippen LogP contribution in [0.25, 0.3) is 0 Å². The van der Waals surface area contributed by atoms with E-state index in [1.807, 2.05) is 0 Å². The molecule has 3 nitrogen and oxygen atoms in total. The van der Waals surface area contributed by atoms with Crippen LogP contribution in [0.3, 0.4) is 0 Å². The molecule has 0 amide bonds. The second-order valence-electron chi connectivity index (χ2n) is 3.32. The van der Waals surface area contributed by atoms with E-state index in [9.17, 15) is 0 Å². The molecule has 2 unspecified atom stereocenters. The molecule has 10 heavy (non-hydrogen) atoms. The lowest BCUT2D eigenvalue weighted by molar-refractivity contribution is 0.00581. The second-order valence-corrected chi connectivity index (χ2v) is 3.32. The predicted molar refractivity (Wildman–Crippen MR) is 40.9 cm³/mol. The van der Waals surface area contributed by atoms with Crippen molar-refractivity contribution in [3.8, 4) is 0 Å². The maximum atomic E-state index is 5.85. The third-order valence-corrected chi connectivity index (χ3v) is 2.34. The standard InChI is InChI=1S/C7H16N2O/c1-7(10-3)5-9(2)4-6(7)8/h6H,4-5,8H2,1-3H3. The molecule has 0 spiro atoms. The van der Waals surface area contributed by atoms with Gasteiger partial charge >= 0.3 is 0 Å². The van der Waals surface area contributed by atoms with Crippen molar-refractivity contribution < 1.29 is 4.74 Å². The van der Waals surface area contributed by atoms with Crippen molar-refractivity contribution in [3.63, 3.8) is 0 Å². The van der Waals surface area contributed by atoms with Crippen LogP contribution in [0.1, 0.15) is 6.92 Å². The maximum Gasteiger partial charge on any atom is 0.0939 e. The summed E-state index contributed by atoms with van der Waals surface area (Å²) in [6, 6.07) is 0.155. The van der Waals surface area contributed by atoms with Gasteiger partial charge in [0.15, 0.2) is 0 Å². The van der Waals surface area contributed by atoms with Gasteiger partial charge in [-0.15, -0.1) is 0 Å². The molecule has 60 valence electrons. The molecule has 2 atom stereocenters. The van der Waals surface area contributed by atoms with Crippen LogP contribution in [0.4, 0.5) is 0 Å². The predicted octanol–water partition coefficient (Wildman–Crippen LogP) is -0.336. The quantitative estimate of drug-likeness (QED) is 0.547. The Morgan fingerprint density at radius 1 is 1.70 bits per heavy atom. The number of hydrogen-bond donors (Lipinski definition) is 1. The van der Waals surface area contributed by atoms with Crippen molar-refractivity contribution >= 4 is 0 Å². The SMILES string of the molecule is COC1(C)CN(C)CC1N. The summed E-state index contributed by atoms with van der Waals surface area (Å²) in [6.45, 7) is 3.93. The summed E-state index contributed by atoms with van der Waals surface area (Å²) in [5, 5.41) is 0. The molecule has 0 aromatic rings. The maximum absolute atomic E-state index is 5.85. The van der Waals surface area contributed by atoms with Crippen molar-refractivity contribution in [2.24, 2.45) is 5.73 Å². The molecule has 0 aromatic heterocycles. The smallest absolute Gasteiger partial charge is 0.0939 e. The summed E-state index contributed by atoms with van der Waals surface area (Å²) in [6.07, 6.45) is 0. The highest BCUT2D eigenvalue weighted by molar-refractivity contribution is 4.97. The van der Waals surface area contributed by atoms with Gasteiger partial charge in [0.1, 0.15) is 0 Å². The van der Waals surface area contributed by atoms with Crippen LogP contribution in [-0.4, -0.2) is 43.8 Å². The Labute approximate surface area is 62.1 Å². The van der Waals surface area contributed by atoms with Gasteiger partial charge in [-0.1, -0.05) is 0 Å². The molecule has 0 saturated carbocycles. The minimum atomic E-state index is -0.130. The average Bonchev–Trinajstić information content (AvgIpc) is 2.09. The Hall–Kier alpha value is -0.120. The van der Waals surface area contributed by atoms with E-state index in [0.717, 1.165) is 13.1 Å². The normalized spacial score (nSPS) is 42.6. The fourth-order valence-electron chi connectivity index (χ4n) is 1.46. The van der Waals surface area contributed by atoms with E-state index in [2.05, 4.69) is 18.9 Å². The number of ether oxygens (including phenoxy) is 1. The molecule has 1 aliphatic rings. The van der Waals surface area contributed by atoms with E-state index >= 15 is 0 Å². The molecule has 0 aliphatic carbocycles. The van der Waals surface area contributed by atoms with Gasteiger partial charge in [0, 0.05) is 26.2 Å². The van der Waals surface area contributed by atoms with Crippen LogP contribution in [0.5, 0.6) is 0 Å². The van der Waals surface area contributed by atoms with Crippen LogP contribution in [0.15, 0.2) is 0 Å². The fourth-order valence-corrected chi connectivity index (χ4v) is 1.46. The number of methoxy groups -OCH3 is 1. The fraction of sp³-hybridized carbons (Fsp3) is 1.00. The Morgan fingerprint density at radius 2 is 2.30 bits per heavy atom. The topological polar surface area (TPSA) is 38.5 Å². The van der Waals surface area contributed by atoms with Gasteiger partial charge in [-0.05, 0) is 14.0 Å². The first kappa shape index (κ1) is 7.98. The average molecular weight is 144 g/mol. The minimum Gasteiger partial charge on any atom is -0.376 e. The highest BCUT2D eigenvalue weighted by Crippen LogP contribution is 2.21. The van der Waals surface area contributed by atoms with E-state index < -0.39 is 0 Å². The number of rotatable bonds is 1. The second kappa shape index (κ2) is 2.49. The van der Waals surface area contributed by atoms with E-state index in [1.165, 1.54) is 0 Å². The Kier molecular flexibility index (Phi) is 1.99. The Bertz CT molecular complexity index is 129. The zero-order valence-corrected chi connectivity index (χ0v) is 6.92. The van der Waals surface area contributed by atoms with E-state index in [0.29, 0.717) is 0 Å². The summed E-state index contributed by atoms with van der Waals surface area (Å²) in [4.78, 5) is 2.19. The highest BCUT2D eigenvalue weighted by atomic mass is 16.5. The first-order valence-corrected chi connectivity index (χ1v) is 3.58. The van der Waals surface area contributed by atoms with E-state index in [1.54, 1.807) is 7.11 Å². The van der Waals surface area contributed by atoms with Crippen LogP contribution in [0, 0.1) is 0 Å². The van der Waals surface area contributed by atoms with E-state index in [-0.39, 0.29) is 11.6 Å². The third-order valence-electron chi connectivity index (χ3n) is 2.34. The van der Waals surface area contributed by atoms with Gasteiger partial charge < -0.3 is 15.4 Å². The van der Waals surface area contributed by atoms with Crippen molar-refractivity contribution in [2.75, 3.05) is 27.2 Å². The monoisotopic (exact) mass is 144 g/mol. The Balaban J connectivity index is 2.61. The zero-order valence-electron chi connectivity index (χ0n) is 6.92. The number of hydrogen-bond acceptors (Lipinski definition) is 3. The Morgan fingerprint density at radius 3 is 2.50 bits per heavy atom. The number of likely N-dealkylation sites (N-methyl/N-ethyl adjacent to an activating group) is 1. The molecular weight excluding hydrogens is 128 g/mol. The van der Waals surface area contributed by atoms with Crippen molar-refractivity contribution in [3.05, 3.63) is 0 Å². The van der Waals surface area contributed by atoms with Crippen LogP contribution < -0.4 is 5.73 Å². The number of likely N-dealkylation sites (tertiary alicyclic amines) is 1. The summed E-state index contributed by atoms with van der Waals surface area (Å²) in [5.41, 5.74) is 5.72. The van der Waals surface area contributed by atoms with Crippen LogP contribution >= 0.6 is 0 Å². The molecule has 1 saturated heterocycles. The molecule has 1 heterocycles. The molecule has 0 radical (unpaired) electrons. The zero-order chi connectivity index (χ0) is 7.78. The highest BCUT2D eigenvalue weighted by Gasteiger charge is 2.39. The molecule has 1 fully saturated rings. The van der Waals surface area contributed by atoms with Gasteiger partial charge in [0.2, 0.25) is 0 Å². The third kappa shape index (κ3) is 1.17. The summed E-state index contributed by atoms with van der Waals surface area (Å²) in [5.74, 6) is 0. The summed E-state index contributed by atoms with van der Waals surface area (Å²) in [7, 11) is 3.78.